The van der Waals surface area contributed by atoms with Crippen LogP contribution in [0.15, 0.2) is 54.6 Å². The van der Waals surface area contributed by atoms with Gasteiger partial charge in [0.15, 0.2) is 0 Å². The van der Waals surface area contributed by atoms with Gasteiger partial charge in [-0.25, -0.2) is 0 Å². The number of nitriles is 1. The van der Waals surface area contributed by atoms with E-state index in [1.165, 1.54) is 6.07 Å². The van der Waals surface area contributed by atoms with Gasteiger partial charge in [0.1, 0.15) is 0 Å². The molecule has 3 rings (SSSR count). The zero-order valence-corrected chi connectivity index (χ0v) is 18.9. The maximum atomic E-state index is 13.3. The lowest BCUT2D eigenvalue weighted by atomic mass is 9.89. The number of amides is 1. The van der Waals surface area contributed by atoms with Crippen molar-refractivity contribution < 1.29 is 18.0 Å². The topological polar surface area (TPSA) is 56.1 Å². The third-order valence-electron chi connectivity index (χ3n) is 6.14. The van der Waals surface area contributed by atoms with Gasteiger partial charge in [-0.3, -0.25) is 4.79 Å². The normalized spacial score (nSPS) is 18.3. The molecule has 7 heteroatoms. The van der Waals surface area contributed by atoms with Crippen LogP contribution in [0.5, 0.6) is 0 Å². The molecule has 2 aromatic carbocycles. The lowest BCUT2D eigenvalue weighted by Crippen LogP contribution is -2.43. The molecule has 1 saturated carbocycles. The Morgan fingerprint density at radius 2 is 1.79 bits per heavy atom. The van der Waals surface area contributed by atoms with Crippen molar-refractivity contribution in [2.24, 2.45) is 0 Å². The first-order chi connectivity index (χ1) is 15.6. The molecule has 0 unspecified atom stereocenters. The summed E-state index contributed by atoms with van der Waals surface area (Å²) in [7, 11) is 1.78. The number of carbonyl (C=O) groups is 1. The van der Waals surface area contributed by atoms with Gasteiger partial charge < -0.3 is 10.2 Å². The van der Waals surface area contributed by atoms with E-state index < -0.39 is 11.7 Å². The standard InChI is InChI=1S/C26H28F3N3O/c1-17(2)14-18-4-6-19(7-5-18)25(33)31-21-9-12-22(13-10-21)32(3)23-11-8-20(16-30)24(15-23)26(27,28)29/h4-8,11,15,21-22H,1,9-10,12-14H2,2-3H3,(H,31,33). The molecule has 1 fully saturated rings. The van der Waals surface area contributed by atoms with Crippen LogP contribution in [-0.2, 0) is 12.6 Å². The highest BCUT2D eigenvalue weighted by Gasteiger charge is 2.34. The minimum atomic E-state index is -4.58. The van der Waals surface area contributed by atoms with Crippen LogP contribution < -0.4 is 10.2 Å². The summed E-state index contributed by atoms with van der Waals surface area (Å²) in [6.45, 7) is 5.86. The van der Waals surface area contributed by atoms with Crippen LogP contribution in [0.25, 0.3) is 0 Å². The molecule has 0 heterocycles. The fourth-order valence-electron chi connectivity index (χ4n) is 4.29. The van der Waals surface area contributed by atoms with Gasteiger partial charge in [-0.1, -0.05) is 24.3 Å². The summed E-state index contributed by atoms with van der Waals surface area (Å²) in [6.07, 6.45) is -0.801. The lowest BCUT2D eigenvalue weighted by molar-refractivity contribution is -0.137. The molecule has 0 aliphatic heterocycles. The summed E-state index contributed by atoms with van der Waals surface area (Å²) in [4.78, 5) is 14.4. The summed E-state index contributed by atoms with van der Waals surface area (Å²) < 4.78 is 39.9. The highest BCUT2D eigenvalue weighted by Crippen LogP contribution is 2.35. The van der Waals surface area contributed by atoms with Crippen LogP contribution in [0.2, 0.25) is 0 Å². The van der Waals surface area contributed by atoms with E-state index in [1.807, 2.05) is 36.1 Å². The van der Waals surface area contributed by atoms with Gasteiger partial charge in [0.25, 0.3) is 5.91 Å². The second-order valence-corrected chi connectivity index (χ2v) is 8.76. The Kier molecular flexibility index (Phi) is 7.47. The Morgan fingerprint density at radius 1 is 1.15 bits per heavy atom. The summed E-state index contributed by atoms with van der Waals surface area (Å²) in [5.74, 6) is -0.115. The number of allylic oxidation sites excluding steroid dienone is 1. The van der Waals surface area contributed by atoms with Gasteiger partial charge in [-0.2, -0.15) is 18.4 Å². The fraction of sp³-hybridized carbons (Fsp3) is 0.385. The van der Waals surface area contributed by atoms with Crippen LogP contribution in [0, 0.1) is 11.3 Å². The van der Waals surface area contributed by atoms with Crippen molar-refractivity contribution >= 4 is 11.6 Å². The van der Waals surface area contributed by atoms with Gasteiger partial charge in [0.2, 0.25) is 0 Å². The van der Waals surface area contributed by atoms with Gasteiger partial charge in [0.05, 0.1) is 17.2 Å². The molecule has 4 nitrogen and oxygen atoms in total. The number of carbonyl (C=O) groups excluding carboxylic acids is 1. The van der Waals surface area contributed by atoms with Crippen molar-refractivity contribution in [3.8, 4) is 6.07 Å². The molecule has 0 bridgehead atoms. The number of nitrogens with zero attached hydrogens (tertiary/aromatic N) is 2. The summed E-state index contributed by atoms with van der Waals surface area (Å²) in [5, 5.41) is 12.1. The number of benzene rings is 2. The lowest BCUT2D eigenvalue weighted by Gasteiger charge is -2.36. The zero-order chi connectivity index (χ0) is 24.2. The highest BCUT2D eigenvalue weighted by molar-refractivity contribution is 5.94. The second-order valence-electron chi connectivity index (χ2n) is 8.76. The van der Waals surface area contributed by atoms with Gasteiger partial charge in [-0.15, -0.1) is 0 Å². The van der Waals surface area contributed by atoms with Crippen molar-refractivity contribution in [3.05, 3.63) is 76.9 Å². The molecule has 1 aliphatic rings. The number of hydrogen-bond acceptors (Lipinski definition) is 3. The van der Waals surface area contributed by atoms with Crippen LogP contribution in [0.3, 0.4) is 0 Å². The van der Waals surface area contributed by atoms with E-state index in [2.05, 4.69) is 11.9 Å². The largest absolute Gasteiger partial charge is 0.417 e. The number of halogens is 3. The molecule has 1 aliphatic carbocycles. The summed E-state index contributed by atoms with van der Waals surface area (Å²) >= 11 is 0. The molecule has 33 heavy (non-hydrogen) atoms. The van der Waals surface area contributed by atoms with Crippen molar-refractivity contribution in [1.29, 1.82) is 5.26 Å². The van der Waals surface area contributed by atoms with E-state index in [1.54, 1.807) is 19.2 Å². The first kappa shape index (κ1) is 24.4. The molecule has 174 valence electrons. The summed E-state index contributed by atoms with van der Waals surface area (Å²) in [5.41, 5.74) is 1.92. The fourth-order valence-corrected chi connectivity index (χ4v) is 4.29. The van der Waals surface area contributed by atoms with E-state index in [4.69, 9.17) is 5.26 Å². The van der Waals surface area contributed by atoms with Crippen LogP contribution >= 0.6 is 0 Å². The first-order valence-electron chi connectivity index (χ1n) is 11.0. The van der Waals surface area contributed by atoms with Crippen molar-refractivity contribution in [2.75, 3.05) is 11.9 Å². The third-order valence-corrected chi connectivity index (χ3v) is 6.14. The quantitative estimate of drug-likeness (QED) is 0.554. The van der Waals surface area contributed by atoms with Gasteiger partial charge in [0, 0.05) is 30.4 Å². The number of rotatable bonds is 6. The van der Waals surface area contributed by atoms with Crippen LogP contribution in [-0.4, -0.2) is 25.0 Å². The molecule has 0 atom stereocenters. The zero-order valence-electron chi connectivity index (χ0n) is 18.9. The van der Waals surface area contributed by atoms with Crippen LogP contribution in [0.1, 0.15) is 59.7 Å². The number of nitrogens with one attached hydrogen (secondary N) is 1. The Bertz CT molecular complexity index is 1050. The highest BCUT2D eigenvalue weighted by atomic mass is 19.4. The minimum absolute atomic E-state index is 0.0314. The number of hydrogen-bond donors (Lipinski definition) is 1. The summed E-state index contributed by atoms with van der Waals surface area (Å²) in [6, 6.07) is 13.0. The van der Waals surface area contributed by atoms with E-state index >= 15 is 0 Å². The molecular formula is C26H28F3N3O. The molecule has 0 spiro atoms. The Morgan fingerprint density at radius 3 is 2.33 bits per heavy atom. The van der Waals surface area contributed by atoms with E-state index in [9.17, 15) is 18.0 Å². The molecule has 2 aromatic rings. The third kappa shape index (κ3) is 6.16. The Labute approximate surface area is 192 Å². The van der Waals surface area contributed by atoms with Crippen molar-refractivity contribution in [2.45, 2.75) is 57.3 Å². The maximum Gasteiger partial charge on any atom is 0.417 e. The van der Waals surface area contributed by atoms with Gasteiger partial charge in [-0.05, 0) is 74.9 Å². The monoisotopic (exact) mass is 455 g/mol. The average Bonchev–Trinajstić information content (AvgIpc) is 2.78. The first-order valence-corrected chi connectivity index (χ1v) is 11.0. The predicted molar refractivity (Wildman–Crippen MR) is 123 cm³/mol. The Hall–Kier alpha value is -3.27. The van der Waals surface area contributed by atoms with E-state index in [0.717, 1.165) is 49.3 Å². The molecular weight excluding hydrogens is 427 g/mol. The maximum absolute atomic E-state index is 13.3. The Balaban J connectivity index is 1.58. The number of alkyl halides is 3. The molecule has 0 radical (unpaired) electrons. The molecule has 1 amide bonds. The molecule has 1 N–H and O–H groups in total. The van der Waals surface area contributed by atoms with E-state index in [-0.39, 0.29) is 23.6 Å². The average molecular weight is 456 g/mol. The SMILES string of the molecule is C=C(C)Cc1ccc(C(=O)NC2CCC(N(C)c3ccc(C#N)c(C(F)(F)F)c3)CC2)cc1. The second kappa shape index (κ2) is 10.1. The van der Waals surface area contributed by atoms with Crippen LogP contribution in [0.4, 0.5) is 18.9 Å². The van der Waals surface area contributed by atoms with Gasteiger partial charge >= 0.3 is 6.18 Å². The molecule has 0 saturated heterocycles. The number of anilines is 1. The molecule has 0 aromatic heterocycles. The van der Waals surface area contributed by atoms with Crippen molar-refractivity contribution in [3.63, 3.8) is 0 Å². The van der Waals surface area contributed by atoms with E-state index in [0.29, 0.717) is 11.3 Å². The smallest absolute Gasteiger partial charge is 0.372 e. The minimum Gasteiger partial charge on any atom is -0.372 e. The van der Waals surface area contributed by atoms with Crippen molar-refractivity contribution in [1.82, 2.24) is 5.32 Å². The predicted octanol–water partition coefficient (Wildman–Crippen LogP) is 5.87.